The highest BCUT2D eigenvalue weighted by Gasteiger charge is 2.18. The smallest absolute Gasteiger partial charge is 0.337 e. The summed E-state index contributed by atoms with van der Waals surface area (Å²) in [6, 6.07) is 5.98. The standard InChI is InChI=1S/C11H13N3O4/c12-9(15)5-14(6-10(13)16)8-4-2-1-3-7(8)11(17)18/h1-4H,5-6H2,(H2,12,15)(H2,13,16)(H,17,18). The minimum atomic E-state index is -1.16. The molecule has 2 amide bonds. The van der Waals surface area contributed by atoms with Crippen molar-refractivity contribution in [3.8, 4) is 0 Å². The molecule has 0 spiro atoms. The van der Waals surface area contributed by atoms with E-state index >= 15 is 0 Å². The van der Waals surface area contributed by atoms with Gasteiger partial charge < -0.3 is 21.5 Å². The first-order chi connectivity index (χ1) is 8.41. The highest BCUT2D eigenvalue weighted by Crippen LogP contribution is 2.19. The van der Waals surface area contributed by atoms with Gasteiger partial charge in [0, 0.05) is 0 Å². The minimum absolute atomic E-state index is 0.0278. The first kappa shape index (κ1) is 13.5. The highest BCUT2D eigenvalue weighted by molar-refractivity contribution is 5.96. The van der Waals surface area contributed by atoms with E-state index in [9.17, 15) is 14.4 Å². The summed E-state index contributed by atoms with van der Waals surface area (Å²) in [5.74, 6) is -2.53. The van der Waals surface area contributed by atoms with Crippen LogP contribution in [0.2, 0.25) is 0 Å². The van der Waals surface area contributed by atoms with Gasteiger partial charge in [0.05, 0.1) is 24.3 Å². The van der Waals surface area contributed by atoms with Crippen LogP contribution < -0.4 is 16.4 Å². The van der Waals surface area contributed by atoms with Crippen molar-refractivity contribution < 1.29 is 19.5 Å². The van der Waals surface area contributed by atoms with Crippen LogP contribution in [0.3, 0.4) is 0 Å². The lowest BCUT2D eigenvalue weighted by Crippen LogP contribution is -2.40. The maximum Gasteiger partial charge on any atom is 0.337 e. The average molecular weight is 251 g/mol. The van der Waals surface area contributed by atoms with Crippen LogP contribution in [0.5, 0.6) is 0 Å². The van der Waals surface area contributed by atoms with Crippen LogP contribution in [0.15, 0.2) is 24.3 Å². The maximum atomic E-state index is 11.0. The van der Waals surface area contributed by atoms with Crippen LogP contribution in [-0.2, 0) is 9.59 Å². The van der Waals surface area contributed by atoms with E-state index in [2.05, 4.69) is 0 Å². The summed E-state index contributed by atoms with van der Waals surface area (Å²) >= 11 is 0. The lowest BCUT2D eigenvalue weighted by atomic mass is 10.1. The van der Waals surface area contributed by atoms with Crippen LogP contribution in [0.1, 0.15) is 10.4 Å². The molecule has 18 heavy (non-hydrogen) atoms. The molecule has 7 heteroatoms. The molecule has 0 radical (unpaired) electrons. The van der Waals surface area contributed by atoms with Gasteiger partial charge in [-0.1, -0.05) is 12.1 Å². The number of carboxylic acid groups (broad SMARTS) is 1. The molecule has 0 unspecified atom stereocenters. The van der Waals surface area contributed by atoms with Crippen molar-refractivity contribution in [3.63, 3.8) is 0 Å². The molecule has 0 heterocycles. The van der Waals surface area contributed by atoms with Crippen molar-refractivity contribution in [3.05, 3.63) is 29.8 Å². The molecule has 0 saturated carbocycles. The monoisotopic (exact) mass is 251 g/mol. The predicted molar refractivity (Wildman–Crippen MR) is 64.0 cm³/mol. The Hall–Kier alpha value is -2.57. The first-order valence-corrected chi connectivity index (χ1v) is 5.05. The van der Waals surface area contributed by atoms with Crippen LogP contribution in [0.4, 0.5) is 5.69 Å². The van der Waals surface area contributed by atoms with Crippen LogP contribution in [0, 0.1) is 0 Å². The Morgan fingerprint density at radius 3 is 2.00 bits per heavy atom. The number of hydrogen-bond donors (Lipinski definition) is 3. The van der Waals surface area contributed by atoms with E-state index in [0.717, 1.165) is 0 Å². The number of nitrogens with zero attached hydrogens (tertiary/aromatic N) is 1. The summed E-state index contributed by atoms with van der Waals surface area (Å²) in [5.41, 5.74) is 10.3. The first-order valence-electron chi connectivity index (χ1n) is 5.05. The zero-order chi connectivity index (χ0) is 13.7. The molecule has 5 N–H and O–H groups in total. The van der Waals surface area contributed by atoms with E-state index in [-0.39, 0.29) is 24.3 Å². The van der Waals surface area contributed by atoms with Crippen molar-refractivity contribution >= 4 is 23.5 Å². The molecule has 0 aliphatic heterocycles. The summed E-state index contributed by atoms with van der Waals surface area (Å²) in [5, 5.41) is 9.02. The second-order valence-corrected chi connectivity index (χ2v) is 3.61. The average Bonchev–Trinajstić information content (AvgIpc) is 2.26. The number of carboxylic acids is 1. The normalized spacial score (nSPS) is 9.78. The van der Waals surface area contributed by atoms with Crippen molar-refractivity contribution in [1.29, 1.82) is 0 Å². The van der Waals surface area contributed by atoms with Gasteiger partial charge in [0.2, 0.25) is 11.8 Å². The lowest BCUT2D eigenvalue weighted by Gasteiger charge is -2.23. The SMILES string of the molecule is NC(=O)CN(CC(N)=O)c1ccccc1C(=O)O. The zero-order valence-corrected chi connectivity index (χ0v) is 9.50. The summed E-state index contributed by atoms with van der Waals surface area (Å²) in [6.07, 6.45) is 0. The second kappa shape index (κ2) is 5.67. The molecule has 0 bridgehead atoms. The number of benzene rings is 1. The molecule has 0 saturated heterocycles. The molecule has 7 nitrogen and oxygen atoms in total. The van der Waals surface area contributed by atoms with E-state index < -0.39 is 17.8 Å². The van der Waals surface area contributed by atoms with E-state index in [1.165, 1.54) is 17.0 Å². The molecule has 0 aromatic heterocycles. The highest BCUT2D eigenvalue weighted by atomic mass is 16.4. The Kier molecular flexibility index (Phi) is 4.25. The number of aromatic carboxylic acids is 1. The van der Waals surface area contributed by atoms with Gasteiger partial charge in [-0.3, -0.25) is 9.59 Å². The van der Waals surface area contributed by atoms with Crippen LogP contribution in [-0.4, -0.2) is 36.0 Å². The van der Waals surface area contributed by atoms with Gasteiger partial charge in [0.15, 0.2) is 0 Å². The Labute approximate surface area is 103 Å². The van der Waals surface area contributed by atoms with E-state index in [1.54, 1.807) is 12.1 Å². The topological polar surface area (TPSA) is 127 Å². The number of para-hydroxylation sites is 1. The van der Waals surface area contributed by atoms with Crippen LogP contribution >= 0.6 is 0 Å². The summed E-state index contributed by atoms with van der Waals surface area (Å²) in [7, 11) is 0. The Balaban J connectivity index is 3.15. The number of anilines is 1. The number of primary amides is 2. The van der Waals surface area contributed by atoms with E-state index in [4.69, 9.17) is 16.6 Å². The molecule has 0 atom stereocenters. The Bertz CT molecular complexity index is 471. The van der Waals surface area contributed by atoms with Gasteiger partial charge in [-0.25, -0.2) is 4.79 Å². The van der Waals surface area contributed by atoms with E-state index in [1.807, 2.05) is 0 Å². The summed E-state index contributed by atoms with van der Waals surface area (Å²) < 4.78 is 0. The van der Waals surface area contributed by atoms with Gasteiger partial charge in [-0.15, -0.1) is 0 Å². The predicted octanol–water partition coefficient (Wildman–Crippen LogP) is -0.838. The van der Waals surface area contributed by atoms with Gasteiger partial charge in [0.25, 0.3) is 0 Å². The maximum absolute atomic E-state index is 11.0. The number of carbonyl (C=O) groups excluding carboxylic acids is 2. The molecule has 0 aliphatic carbocycles. The Morgan fingerprint density at radius 1 is 1.06 bits per heavy atom. The third kappa shape index (κ3) is 3.48. The fraction of sp³-hybridized carbons (Fsp3) is 0.182. The quantitative estimate of drug-likeness (QED) is 0.607. The van der Waals surface area contributed by atoms with Crippen molar-refractivity contribution in [2.24, 2.45) is 11.5 Å². The Morgan fingerprint density at radius 2 is 1.56 bits per heavy atom. The van der Waals surface area contributed by atoms with Gasteiger partial charge in [-0.05, 0) is 12.1 Å². The van der Waals surface area contributed by atoms with Crippen molar-refractivity contribution in [2.45, 2.75) is 0 Å². The molecular formula is C11H13N3O4. The molecule has 1 aromatic carbocycles. The zero-order valence-electron chi connectivity index (χ0n) is 9.50. The third-order valence-corrected chi connectivity index (χ3v) is 2.17. The molecule has 1 rings (SSSR count). The molecule has 1 aromatic rings. The fourth-order valence-corrected chi connectivity index (χ4v) is 1.53. The summed E-state index contributed by atoms with van der Waals surface area (Å²) in [4.78, 5) is 34.1. The van der Waals surface area contributed by atoms with E-state index in [0.29, 0.717) is 0 Å². The summed E-state index contributed by atoms with van der Waals surface area (Å²) in [6.45, 7) is -0.569. The lowest BCUT2D eigenvalue weighted by molar-refractivity contribution is -0.117. The molecule has 0 fully saturated rings. The molecule has 0 aliphatic rings. The van der Waals surface area contributed by atoms with Gasteiger partial charge in [0.1, 0.15) is 0 Å². The number of hydrogen-bond acceptors (Lipinski definition) is 4. The molecule has 96 valence electrons. The van der Waals surface area contributed by atoms with Gasteiger partial charge in [-0.2, -0.15) is 0 Å². The number of amides is 2. The van der Waals surface area contributed by atoms with Crippen LogP contribution in [0.25, 0.3) is 0 Å². The van der Waals surface area contributed by atoms with Crippen molar-refractivity contribution in [1.82, 2.24) is 0 Å². The van der Waals surface area contributed by atoms with Gasteiger partial charge >= 0.3 is 5.97 Å². The fourth-order valence-electron chi connectivity index (χ4n) is 1.53. The largest absolute Gasteiger partial charge is 0.478 e. The second-order valence-electron chi connectivity index (χ2n) is 3.61. The number of nitrogens with two attached hydrogens (primary N) is 2. The molecular weight excluding hydrogens is 238 g/mol. The minimum Gasteiger partial charge on any atom is -0.478 e. The number of rotatable bonds is 6. The number of carbonyl (C=O) groups is 3. The van der Waals surface area contributed by atoms with Crippen molar-refractivity contribution in [2.75, 3.05) is 18.0 Å². The third-order valence-electron chi connectivity index (χ3n) is 2.17.